The first-order valence-corrected chi connectivity index (χ1v) is 14.0. The molecule has 0 aliphatic carbocycles. The normalized spacial score (nSPS) is 18.1. The first-order chi connectivity index (χ1) is 18.8. The van der Waals surface area contributed by atoms with Crippen molar-refractivity contribution in [3.63, 3.8) is 0 Å². The predicted octanol–water partition coefficient (Wildman–Crippen LogP) is 5.35. The van der Waals surface area contributed by atoms with Gasteiger partial charge in [-0.1, -0.05) is 26.0 Å². The summed E-state index contributed by atoms with van der Waals surface area (Å²) < 4.78 is 12.8. The predicted molar refractivity (Wildman–Crippen MR) is 153 cm³/mol. The van der Waals surface area contributed by atoms with E-state index in [1.165, 1.54) is 26.2 Å². The molecule has 2 aliphatic rings. The lowest BCUT2D eigenvalue weighted by atomic mass is 9.76. The van der Waals surface area contributed by atoms with Crippen molar-refractivity contribution in [1.82, 2.24) is 19.8 Å². The zero-order valence-corrected chi connectivity index (χ0v) is 24.3. The molecule has 1 amide bonds. The second-order valence-corrected chi connectivity index (χ2v) is 12.6. The summed E-state index contributed by atoms with van der Waals surface area (Å²) in [4.78, 5) is 31.1. The summed E-state index contributed by atoms with van der Waals surface area (Å²) in [6, 6.07) is 6.27. The average molecular weight is 549 g/mol. The number of fused-ring (bicyclic) bond motifs is 2. The number of carbonyl (C=O) groups excluding carboxylic acids is 1. The van der Waals surface area contributed by atoms with E-state index >= 15 is 0 Å². The van der Waals surface area contributed by atoms with E-state index in [-0.39, 0.29) is 11.5 Å². The lowest BCUT2D eigenvalue weighted by Crippen LogP contribution is -2.43. The molecule has 9 heteroatoms. The van der Waals surface area contributed by atoms with Gasteiger partial charge in [-0.3, -0.25) is 4.90 Å². The number of morpholine rings is 1. The van der Waals surface area contributed by atoms with Crippen LogP contribution in [0.4, 0.5) is 9.59 Å². The molecule has 1 atom stereocenters. The third kappa shape index (κ3) is 5.58. The van der Waals surface area contributed by atoms with Crippen molar-refractivity contribution in [2.45, 2.75) is 78.0 Å². The maximum atomic E-state index is 12.8. The number of hydrogen-bond acceptors (Lipinski definition) is 6. The molecule has 214 valence electrons. The van der Waals surface area contributed by atoms with E-state index in [1.54, 1.807) is 6.20 Å². The van der Waals surface area contributed by atoms with Crippen molar-refractivity contribution in [2.24, 2.45) is 0 Å². The van der Waals surface area contributed by atoms with Crippen LogP contribution in [0.2, 0.25) is 0 Å². The Labute approximate surface area is 235 Å². The largest absolute Gasteiger partial charge is 0.465 e. The molecular weight excluding hydrogens is 508 g/mol. The van der Waals surface area contributed by atoms with Crippen molar-refractivity contribution >= 4 is 23.2 Å². The van der Waals surface area contributed by atoms with Crippen LogP contribution in [-0.4, -0.2) is 63.6 Å². The monoisotopic (exact) mass is 548 g/mol. The number of ether oxygens (including phenoxy) is 2. The number of benzene rings is 1. The fraction of sp³-hybridized carbons (Fsp3) is 0.516. The third-order valence-corrected chi connectivity index (χ3v) is 7.90. The summed E-state index contributed by atoms with van der Waals surface area (Å²) in [7, 11) is 0. The molecule has 0 radical (unpaired) electrons. The first-order valence-electron chi connectivity index (χ1n) is 14.0. The summed E-state index contributed by atoms with van der Waals surface area (Å²) in [6.45, 7) is 14.7. The van der Waals surface area contributed by atoms with E-state index in [0.29, 0.717) is 25.4 Å². The zero-order valence-electron chi connectivity index (χ0n) is 24.3. The van der Waals surface area contributed by atoms with E-state index in [4.69, 9.17) is 9.47 Å². The lowest BCUT2D eigenvalue weighted by Gasteiger charge is -2.37. The van der Waals surface area contributed by atoms with Crippen LogP contribution in [0.15, 0.2) is 30.6 Å². The number of aryl methyl sites for hydroxylation is 1. The molecule has 1 fully saturated rings. The molecule has 0 saturated carbocycles. The second-order valence-electron chi connectivity index (χ2n) is 12.6. The molecule has 2 aliphatic heterocycles. The highest BCUT2D eigenvalue weighted by Gasteiger charge is 2.33. The molecule has 0 bridgehead atoms. The number of amides is 1. The Morgan fingerprint density at radius 2 is 1.98 bits per heavy atom. The number of aromatic nitrogens is 2. The lowest BCUT2D eigenvalue weighted by molar-refractivity contribution is -0.00129. The Hall–Kier alpha value is -3.43. The standard InChI is InChI=1S/C31H40N4O5/c1-19-17-35(29(38)40-30(2,3)4)27-23(19)11-20(15-33-27)14-31(5,6)22-12-21-7-8-32-16-25(21)24(13-22)26-18-39-10-9-34(26)28(36)37/h11-13,15,17,26,32H,7-10,14,16,18H2,1-6H3,(H,36,37)/t26-/m0/s1. The molecule has 3 aromatic rings. The molecule has 0 unspecified atom stereocenters. The van der Waals surface area contributed by atoms with Gasteiger partial charge in [0.05, 0.1) is 19.3 Å². The van der Waals surface area contributed by atoms with E-state index < -0.39 is 17.8 Å². The Balaban J connectivity index is 1.49. The van der Waals surface area contributed by atoms with Crippen LogP contribution in [-0.2, 0) is 34.3 Å². The summed E-state index contributed by atoms with van der Waals surface area (Å²) >= 11 is 0. The Morgan fingerprint density at radius 1 is 1.20 bits per heavy atom. The van der Waals surface area contributed by atoms with Gasteiger partial charge in [0.1, 0.15) is 11.2 Å². The zero-order chi connectivity index (χ0) is 28.8. The van der Waals surface area contributed by atoms with Gasteiger partial charge in [0.25, 0.3) is 0 Å². The SMILES string of the molecule is Cc1cn(C(=O)OC(C)(C)C)c2ncc(CC(C)(C)c3cc4c(c([C@@H]5COCCN5C(=O)O)c3)CNCC4)cc12. The van der Waals surface area contributed by atoms with Crippen molar-refractivity contribution in [3.05, 3.63) is 64.0 Å². The third-order valence-electron chi connectivity index (χ3n) is 7.90. The molecular formula is C31H40N4O5. The summed E-state index contributed by atoms with van der Waals surface area (Å²) in [6.07, 6.45) is 3.90. The van der Waals surface area contributed by atoms with E-state index in [9.17, 15) is 14.7 Å². The Kier molecular flexibility index (Phi) is 7.39. The molecule has 1 saturated heterocycles. The average Bonchev–Trinajstić information content (AvgIpc) is 3.22. The number of hydrogen-bond donors (Lipinski definition) is 2. The Bertz CT molecular complexity index is 1450. The van der Waals surface area contributed by atoms with Gasteiger partial charge in [0.2, 0.25) is 0 Å². The maximum Gasteiger partial charge on any atom is 0.420 e. The smallest absolute Gasteiger partial charge is 0.420 e. The molecule has 4 heterocycles. The van der Waals surface area contributed by atoms with Gasteiger partial charge in [0, 0.05) is 30.9 Å². The van der Waals surface area contributed by atoms with Crippen LogP contribution < -0.4 is 5.32 Å². The molecule has 2 N–H and O–H groups in total. The van der Waals surface area contributed by atoms with E-state index in [0.717, 1.165) is 48.0 Å². The second kappa shape index (κ2) is 10.5. The van der Waals surface area contributed by atoms with Gasteiger partial charge in [-0.15, -0.1) is 0 Å². The number of nitrogens with zero attached hydrogens (tertiary/aromatic N) is 3. The minimum Gasteiger partial charge on any atom is -0.465 e. The first kappa shape index (κ1) is 28.1. The van der Waals surface area contributed by atoms with Crippen LogP contribution in [0, 0.1) is 6.92 Å². The molecule has 2 aromatic heterocycles. The number of rotatable bonds is 4. The highest BCUT2D eigenvalue weighted by atomic mass is 16.6. The highest BCUT2D eigenvalue weighted by Crippen LogP contribution is 2.37. The number of carbonyl (C=O) groups is 2. The molecule has 40 heavy (non-hydrogen) atoms. The topological polar surface area (TPSA) is 106 Å². The minimum absolute atomic E-state index is 0.255. The van der Waals surface area contributed by atoms with Crippen molar-refractivity contribution < 1.29 is 24.2 Å². The quantitative estimate of drug-likeness (QED) is 0.453. The van der Waals surface area contributed by atoms with Crippen LogP contribution in [0.3, 0.4) is 0 Å². The number of nitrogens with one attached hydrogen (secondary N) is 1. The van der Waals surface area contributed by atoms with Crippen molar-refractivity contribution in [1.29, 1.82) is 0 Å². The van der Waals surface area contributed by atoms with Gasteiger partial charge in [0.15, 0.2) is 0 Å². The van der Waals surface area contributed by atoms with Gasteiger partial charge < -0.3 is 19.9 Å². The maximum absolute atomic E-state index is 12.8. The fourth-order valence-electron chi connectivity index (χ4n) is 5.88. The highest BCUT2D eigenvalue weighted by molar-refractivity contribution is 5.89. The van der Waals surface area contributed by atoms with Gasteiger partial charge in [-0.2, -0.15) is 0 Å². The molecule has 9 nitrogen and oxygen atoms in total. The van der Waals surface area contributed by atoms with Crippen molar-refractivity contribution in [2.75, 3.05) is 26.3 Å². The Morgan fingerprint density at radius 3 is 2.70 bits per heavy atom. The van der Waals surface area contributed by atoms with Gasteiger partial charge >= 0.3 is 12.2 Å². The summed E-state index contributed by atoms with van der Waals surface area (Å²) in [5.41, 5.74) is 6.43. The minimum atomic E-state index is -0.913. The fourth-order valence-corrected chi connectivity index (χ4v) is 5.88. The van der Waals surface area contributed by atoms with Crippen LogP contribution >= 0.6 is 0 Å². The van der Waals surface area contributed by atoms with Crippen LogP contribution in [0.5, 0.6) is 0 Å². The van der Waals surface area contributed by atoms with Crippen LogP contribution in [0.1, 0.15) is 74.0 Å². The van der Waals surface area contributed by atoms with E-state index in [1.807, 2.05) is 33.9 Å². The van der Waals surface area contributed by atoms with Gasteiger partial charge in [-0.25, -0.2) is 19.1 Å². The van der Waals surface area contributed by atoms with Gasteiger partial charge in [-0.05, 0) is 91.9 Å². The molecule has 1 aromatic carbocycles. The number of pyridine rings is 1. The van der Waals surface area contributed by atoms with Crippen LogP contribution in [0.25, 0.3) is 11.0 Å². The molecule has 5 rings (SSSR count). The summed E-state index contributed by atoms with van der Waals surface area (Å²) in [5.74, 6) is 0. The number of carboxylic acid groups (broad SMARTS) is 1. The molecule has 0 spiro atoms. The summed E-state index contributed by atoms with van der Waals surface area (Å²) in [5, 5.41) is 14.3. The van der Waals surface area contributed by atoms with E-state index in [2.05, 4.69) is 42.3 Å². The van der Waals surface area contributed by atoms with Crippen molar-refractivity contribution in [3.8, 4) is 0 Å².